The Morgan fingerprint density at radius 3 is 2.75 bits per heavy atom. The fraction of sp³-hybridized carbons (Fsp3) is 0.250. The van der Waals surface area contributed by atoms with Gasteiger partial charge in [-0.3, -0.25) is 4.79 Å². The number of thiazole rings is 1. The van der Waals surface area contributed by atoms with E-state index in [1.54, 1.807) is 49.0 Å². The monoisotopic (exact) mass is 418 g/mol. The summed E-state index contributed by atoms with van der Waals surface area (Å²) in [4.78, 5) is 29.3. The number of carbonyl (C=O) groups is 2. The molecule has 0 atom stereocenters. The number of amides is 1. The molecule has 8 heteroatoms. The van der Waals surface area contributed by atoms with Gasteiger partial charge in [0.25, 0.3) is 0 Å². The van der Waals surface area contributed by atoms with Crippen LogP contribution in [-0.2, 0) is 9.53 Å². The van der Waals surface area contributed by atoms with Crippen molar-refractivity contribution in [2.75, 3.05) is 17.7 Å². The number of nitrogens with zero attached hydrogens (tertiary/aromatic N) is 1. The number of esters is 1. The molecule has 5 nitrogen and oxygen atoms in total. The van der Waals surface area contributed by atoms with E-state index in [0.29, 0.717) is 30.1 Å². The Morgan fingerprint density at radius 2 is 2.00 bits per heavy atom. The lowest BCUT2D eigenvalue weighted by Crippen LogP contribution is -2.11. The molecule has 0 aliphatic heterocycles. The Labute approximate surface area is 170 Å². The zero-order chi connectivity index (χ0) is 19.9. The van der Waals surface area contributed by atoms with Crippen LogP contribution in [0.1, 0.15) is 30.1 Å². The number of carbonyl (C=O) groups excluding carboxylic acids is 2. The third-order valence-corrected chi connectivity index (χ3v) is 5.81. The second-order valence-corrected chi connectivity index (χ2v) is 8.08. The van der Waals surface area contributed by atoms with E-state index in [2.05, 4.69) is 10.3 Å². The Morgan fingerprint density at radius 1 is 1.21 bits per heavy atom. The highest BCUT2D eigenvalue weighted by atomic mass is 32.2. The van der Waals surface area contributed by atoms with Gasteiger partial charge in [0, 0.05) is 11.3 Å². The lowest BCUT2D eigenvalue weighted by molar-refractivity contribution is -0.116. The first kappa shape index (κ1) is 20.3. The Kier molecular flexibility index (Phi) is 7.00. The van der Waals surface area contributed by atoms with Gasteiger partial charge < -0.3 is 10.1 Å². The molecule has 1 N–H and O–H groups in total. The maximum atomic E-state index is 12.9. The lowest BCUT2D eigenvalue weighted by atomic mass is 10.2. The van der Waals surface area contributed by atoms with Gasteiger partial charge in [-0.1, -0.05) is 11.3 Å². The molecule has 0 bridgehead atoms. The van der Waals surface area contributed by atoms with Crippen molar-refractivity contribution < 1.29 is 18.7 Å². The molecule has 28 heavy (non-hydrogen) atoms. The fourth-order valence-electron chi connectivity index (χ4n) is 2.45. The number of rotatable bonds is 8. The van der Waals surface area contributed by atoms with Crippen LogP contribution in [0.15, 0.2) is 47.4 Å². The fourth-order valence-corrected chi connectivity index (χ4v) is 4.23. The van der Waals surface area contributed by atoms with Gasteiger partial charge in [-0.2, -0.15) is 0 Å². The molecule has 2 aromatic carbocycles. The third kappa shape index (κ3) is 5.53. The van der Waals surface area contributed by atoms with Crippen molar-refractivity contribution in [3.8, 4) is 0 Å². The van der Waals surface area contributed by atoms with Gasteiger partial charge in [0.2, 0.25) is 5.91 Å². The standard InChI is InChI=1S/C20H19FN2O3S2/c1-2-26-19(25)13-5-10-16-17(12-13)28-20(22-16)23-18(24)4-3-11-27-15-8-6-14(21)7-9-15/h5-10,12H,2-4,11H2,1H3,(H,22,23,24). The quantitative estimate of drug-likeness (QED) is 0.312. The molecule has 0 aliphatic rings. The second-order valence-electron chi connectivity index (χ2n) is 5.88. The maximum Gasteiger partial charge on any atom is 0.338 e. The molecule has 1 heterocycles. The average molecular weight is 419 g/mol. The predicted octanol–water partition coefficient (Wildman–Crippen LogP) is 5.12. The van der Waals surface area contributed by atoms with Crippen LogP contribution in [-0.4, -0.2) is 29.2 Å². The zero-order valence-corrected chi connectivity index (χ0v) is 16.9. The first-order chi connectivity index (χ1) is 13.5. The van der Waals surface area contributed by atoms with Gasteiger partial charge in [0.1, 0.15) is 5.82 Å². The number of thioether (sulfide) groups is 1. The number of nitrogens with one attached hydrogen (secondary N) is 1. The number of hydrogen-bond acceptors (Lipinski definition) is 6. The summed E-state index contributed by atoms with van der Waals surface area (Å²) in [6, 6.07) is 11.4. The number of ether oxygens (including phenoxy) is 1. The van der Waals surface area contributed by atoms with Crippen LogP contribution in [0.3, 0.4) is 0 Å². The van der Waals surface area contributed by atoms with E-state index < -0.39 is 0 Å². The number of benzene rings is 2. The molecule has 0 radical (unpaired) electrons. The molecular weight excluding hydrogens is 399 g/mol. The third-order valence-electron chi connectivity index (χ3n) is 3.78. The average Bonchev–Trinajstić information content (AvgIpc) is 3.08. The molecule has 146 valence electrons. The van der Waals surface area contributed by atoms with Crippen molar-refractivity contribution in [1.29, 1.82) is 0 Å². The topological polar surface area (TPSA) is 68.3 Å². The summed E-state index contributed by atoms with van der Waals surface area (Å²) in [6.45, 7) is 2.08. The molecule has 0 aliphatic carbocycles. The van der Waals surface area contributed by atoms with Gasteiger partial charge in [0.15, 0.2) is 5.13 Å². The van der Waals surface area contributed by atoms with Crippen molar-refractivity contribution in [3.05, 3.63) is 53.8 Å². The minimum Gasteiger partial charge on any atom is -0.462 e. The van der Waals surface area contributed by atoms with E-state index in [1.165, 1.54) is 23.5 Å². The Balaban J connectivity index is 1.50. The summed E-state index contributed by atoms with van der Waals surface area (Å²) in [5.41, 5.74) is 1.19. The van der Waals surface area contributed by atoms with Crippen LogP contribution >= 0.6 is 23.1 Å². The van der Waals surface area contributed by atoms with E-state index in [0.717, 1.165) is 20.9 Å². The highest BCUT2D eigenvalue weighted by Crippen LogP contribution is 2.27. The van der Waals surface area contributed by atoms with Crippen LogP contribution < -0.4 is 5.32 Å². The number of anilines is 1. The minimum absolute atomic E-state index is 0.107. The van der Waals surface area contributed by atoms with Crippen molar-refractivity contribution in [2.45, 2.75) is 24.7 Å². The number of aromatic nitrogens is 1. The highest BCUT2D eigenvalue weighted by Gasteiger charge is 2.12. The maximum absolute atomic E-state index is 12.9. The van der Waals surface area contributed by atoms with Crippen LogP contribution in [0, 0.1) is 5.82 Å². The summed E-state index contributed by atoms with van der Waals surface area (Å²) in [6.07, 6.45) is 1.07. The van der Waals surface area contributed by atoms with E-state index in [-0.39, 0.29) is 17.7 Å². The molecule has 1 amide bonds. The number of hydrogen-bond donors (Lipinski definition) is 1. The largest absolute Gasteiger partial charge is 0.462 e. The molecule has 3 rings (SSSR count). The predicted molar refractivity (Wildman–Crippen MR) is 111 cm³/mol. The van der Waals surface area contributed by atoms with Crippen molar-refractivity contribution in [1.82, 2.24) is 4.98 Å². The Hall–Kier alpha value is -2.45. The van der Waals surface area contributed by atoms with Crippen LogP contribution in [0.4, 0.5) is 9.52 Å². The number of halogens is 1. The van der Waals surface area contributed by atoms with Gasteiger partial charge in [-0.05, 0) is 61.6 Å². The van der Waals surface area contributed by atoms with Crippen LogP contribution in [0.2, 0.25) is 0 Å². The minimum atomic E-state index is -0.373. The van der Waals surface area contributed by atoms with Gasteiger partial charge in [-0.15, -0.1) is 11.8 Å². The van der Waals surface area contributed by atoms with Crippen molar-refractivity contribution in [3.63, 3.8) is 0 Å². The van der Waals surface area contributed by atoms with Gasteiger partial charge in [-0.25, -0.2) is 14.2 Å². The summed E-state index contributed by atoms with van der Waals surface area (Å²) in [7, 11) is 0. The molecule has 0 saturated carbocycles. The van der Waals surface area contributed by atoms with E-state index in [4.69, 9.17) is 4.74 Å². The van der Waals surface area contributed by atoms with Gasteiger partial charge in [0.05, 0.1) is 22.4 Å². The SMILES string of the molecule is CCOC(=O)c1ccc2nc(NC(=O)CCCSc3ccc(F)cc3)sc2c1. The molecule has 0 unspecified atom stereocenters. The number of fused-ring (bicyclic) bond motifs is 1. The summed E-state index contributed by atoms with van der Waals surface area (Å²) in [5, 5.41) is 3.31. The molecular formula is C20H19FN2O3S2. The lowest BCUT2D eigenvalue weighted by Gasteiger charge is -2.02. The first-order valence-corrected chi connectivity index (χ1v) is 10.6. The van der Waals surface area contributed by atoms with E-state index >= 15 is 0 Å². The summed E-state index contributed by atoms with van der Waals surface area (Å²) >= 11 is 2.91. The summed E-state index contributed by atoms with van der Waals surface area (Å²) < 4.78 is 18.7. The Bertz CT molecular complexity index is 973. The smallest absolute Gasteiger partial charge is 0.338 e. The normalized spacial score (nSPS) is 10.8. The van der Waals surface area contributed by atoms with E-state index in [9.17, 15) is 14.0 Å². The van der Waals surface area contributed by atoms with Crippen LogP contribution in [0.5, 0.6) is 0 Å². The summed E-state index contributed by atoms with van der Waals surface area (Å²) in [5.74, 6) is 0.0299. The first-order valence-electron chi connectivity index (χ1n) is 8.81. The molecule has 3 aromatic rings. The molecule has 0 fully saturated rings. The van der Waals surface area contributed by atoms with E-state index in [1.807, 2.05) is 0 Å². The highest BCUT2D eigenvalue weighted by molar-refractivity contribution is 7.99. The molecule has 0 spiro atoms. The van der Waals surface area contributed by atoms with Gasteiger partial charge >= 0.3 is 5.97 Å². The molecule has 1 aromatic heterocycles. The zero-order valence-electron chi connectivity index (χ0n) is 15.2. The van der Waals surface area contributed by atoms with Crippen molar-refractivity contribution in [2.24, 2.45) is 0 Å². The van der Waals surface area contributed by atoms with Crippen LogP contribution in [0.25, 0.3) is 10.2 Å². The second kappa shape index (κ2) is 9.66. The molecule has 0 saturated heterocycles. The van der Waals surface area contributed by atoms with Crippen molar-refractivity contribution >= 4 is 50.3 Å².